The zero-order valence-electron chi connectivity index (χ0n) is 15.6. The van der Waals surface area contributed by atoms with Crippen LogP contribution in [0.5, 0.6) is 0 Å². The Morgan fingerprint density at radius 2 is 2.00 bits per heavy atom. The van der Waals surface area contributed by atoms with E-state index in [9.17, 15) is 23.1 Å². The third-order valence-corrected chi connectivity index (χ3v) is 5.32. The summed E-state index contributed by atoms with van der Waals surface area (Å²) in [5.74, 6) is -0.384. The fraction of sp³-hybridized carbons (Fsp3) is 0.318. The van der Waals surface area contributed by atoms with Crippen LogP contribution in [0, 0.1) is 0 Å². The molecule has 4 nitrogen and oxygen atoms in total. The van der Waals surface area contributed by atoms with Gasteiger partial charge in [-0.2, -0.15) is 13.2 Å². The summed E-state index contributed by atoms with van der Waals surface area (Å²) in [6.45, 7) is 0.222. The molecule has 1 unspecified atom stereocenters. The number of aryl methyl sites for hydroxylation is 1. The van der Waals surface area contributed by atoms with Crippen molar-refractivity contribution in [2.75, 3.05) is 11.9 Å². The Morgan fingerprint density at radius 1 is 1.17 bits per heavy atom. The van der Waals surface area contributed by atoms with Crippen LogP contribution in [-0.4, -0.2) is 23.7 Å². The number of anilines is 1. The number of halogens is 3. The van der Waals surface area contributed by atoms with E-state index in [1.165, 1.54) is 12.1 Å². The molecule has 7 heteroatoms. The Labute approximate surface area is 166 Å². The molecule has 0 spiro atoms. The van der Waals surface area contributed by atoms with Crippen LogP contribution in [0.15, 0.2) is 42.5 Å². The number of carbonyl (C=O) groups is 1. The predicted molar refractivity (Wildman–Crippen MR) is 102 cm³/mol. The van der Waals surface area contributed by atoms with Crippen LogP contribution >= 0.6 is 0 Å². The minimum Gasteiger partial charge on any atom is -0.393 e. The van der Waals surface area contributed by atoms with Crippen molar-refractivity contribution >= 4 is 17.2 Å². The predicted octanol–water partition coefficient (Wildman–Crippen LogP) is 4.11. The van der Waals surface area contributed by atoms with Crippen LogP contribution in [0.3, 0.4) is 0 Å². The zero-order chi connectivity index (χ0) is 20.6. The molecule has 2 aromatic rings. The molecule has 0 saturated heterocycles. The number of benzene rings is 2. The molecular formula is C22H20F3NO3. The highest BCUT2D eigenvalue weighted by Crippen LogP contribution is 2.34. The molecule has 29 heavy (non-hydrogen) atoms. The van der Waals surface area contributed by atoms with Crippen molar-refractivity contribution in [3.05, 3.63) is 70.3 Å². The number of carbonyl (C=O) groups excluding carboxylic acids is 1. The highest BCUT2D eigenvalue weighted by atomic mass is 19.4. The first-order valence-electron chi connectivity index (χ1n) is 9.40. The topological polar surface area (TPSA) is 58.6 Å². The number of hydrogen-bond acceptors (Lipinski definition) is 3. The van der Waals surface area contributed by atoms with Gasteiger partial charge in [0, 0.05) is 18.2 Å². The van der Waals surface area contributed by atoms with Gasteiger partial charge in [-0.25, -0.2) is 0 Å². The lowest BCUT2D eigenvalue weighted by Gasteiger charge is -2.23. The lowest BCUT2D eigenvalue weighted by atomic mass is 9.88. The average Bonchev–Trinajstić information content (AvgIpc) is 2.67. The molecule has 1 aliphatic heterocycles. The number of nitrogens with one attached hydrogen (secondary N) is 1. The largest absolute Gasteiger partial charge is 0.416 e. The van der Waals surface area contributed by atoms with Crippen LogP contribution in [0.4, 0.5) is 18.9 Å². The molecule has 0 bridgehead atoms. The van der Waals surface area contributed by atoms with Crippen molar-refractivity contribution < 1.29 is 27.8 Å². The number of rotatable bonds is 2. The number of fused-ring (bicyclic) bond motifs is 2. The molecule has 2 aliphatic rings. The van der Waals surface area contributed by atoms with Crippen molar-refractivity contribution in [1.29, 1.82) is 0 Å². The monoisotopic (exact) mass is 403 g/mol. The van der Waals surface area contributed by atoms with Gasteiger partial charge in [0.1, 0.15) is 0 Å². The third-order valence-electron chi connectivity index (χ3n) is 5.32. The molecule has 0 fully saturated rings. The standard InChI is InChI=1S/C22H20F3NO3/c23-22(24,25)16-5-7-18-14(8-16)11-29-12-15(18)9-21(28)26-20-3-1-2-13-4-6-17(27)10-19(13)20/h1-3,5,7-9,17,27H,4,6,10-12H2,(H,26,28)/b15-9-. The summed E-state index contributed by atoms with van der Waals surface area (Å²) in [4.78, 5) is 12.6. The number of aliphatic hydroxyl groups is 1. The molecule has 0 aromatic heterocycles. The van der Waals surface area contributed by atoms with Crippen LogP contribution in [0.1, 0.15) is 34.2 Å². The van der Waals surface area contributed by atoms with Crippen LogP contribution in [-0.2, 0) is 35.2 Å². The van der Waals surface area contributed by atoms with E-state index in [-0.39, 0.29) is 19.1 Å². The molecule has 1 aliphatic carbocycles. The van der Waals surface area contributed by atoms with Gasteiger partial charge in [0.15, 0.2) is 0 Å². The maximum absolute atomic E-state index is 12.9. The minimum absolute atomic E-state index is 0.0717. The summed E-state index contributed by atoms with van der Waals surface area (Å²) >= 11 is 0. The first-order chi connectivity index (χ1) is 13.8. The zero-order valence-corrected chi connectivity index (χ0v) is 15.6. The molecule has 0 saturated carbocycles. The molecule has 0 radical (unpaired) electrons. The maximum atomic E-state index is 12.9. The maximum Gasteiger partial charge on any atom is 0.416 e. The van der Waals surface area contributed by atoms with Gasteiger partial charge in [-0.05, 0) is 58.9 Å². The summed E-state index contributed by atoms with van der Waals surface area (Å²) in [5, 5.41) is 12.8. The van der Waals surface area contributed by atoms with Gasteiger partial charge in [0.2, 0.25) is 5.91 Å². The van der Waals surface area contributed by atoms with Gasteiger partial charge in [-0.15, -0.1) is 0 Å². The molecular weight excluding hydrogens is 383 g/mol. The van der Waals surface area contributed by atoms with E-state index in [0.29, 0.717) is 35.2 Å². The van der Waals surface area contributed by atoms with Crippen molar-refractivity contribution in [3.63, 3.8) is 0 Å². The molecule has 2 N–H and O–H groups in total. The quantitative estimate of drug-likeness (QED) is 0.742. The van der Waals surface area contributed by atoms with E-state index in [1.807, 2.05) is 12.1 Å². The summed E-state index contributed by atoms with van der Waals surface area (Å²) in [7, 11) is 0. The van der Waals surface area contributed by atoms with E-state index in [0.717, 1.165) is 29.7 Å². The van der Waals surface area contributed by atoms with E-state index in [4.69, 9.17) is 4.74 Å². The molecule has 1 atom stereocenters. The first-order valence-corrected chi connectivity index (χ1v) is 9.40. The SMILES string of the molecule is O=C(/C=C1/COCc2cc(C(F)(F)F)ccc21)Nc1cccc2c1CC(O)CC2. The second kappa shape index (κ2) is 7.65. The number of alkyl halides is 3. The lowest BCUT2D eigenvalue weighted by molar-refractivity contribution is -0.137. The Morgan fingerprint density at radius 3 is 2.79 bits per heavy atom. The summed E-state index contributed by atoms with van der Waals surface area (Å²) in [5.41, 5.74) is 3.46. The molecule has 152 valence electrons. The number of aliphatic hydroxyl groups excluding tert-OH is 1. The van der Waals surface area contributed by atoms with Gasteiger partial charge in [-0.3, -0.25) is 4.79 Å². The Hall–Kier alpha value is -2.64. The first kappa shape index (κ1) is 19.7. The summed E-state index contributed by atoms with van der Waals surface area (Å²) in [6, 6.07) is 9.10. The molecule has 2 aromatic carbocycles. The smallest absolute Gasteiger partial charge is 0.393 e. The van der Waals surface area contributed by atoms with Crippen molar-refractivity contribution in [3.8, 4) is 0 Å². The van der Waals surface area contributed by atoms with E-state index < -0.39 is 17.8 Å². The lowest BCUT2D eigenvalue weighted by Crippen LogP contribution is -2.21. The highest BCUT2D eigenvalue weighted by Gasteiger charge is 2.31. The summed E-state index contributed by atoms with van der Waals surface area (Å²) in [6.07, 6.45) is -1.56. The van der Waals surface area contributed by atoms with Crippen molar-refractivity contribution in [2.24, 2.45) is 0 Å². The fourth-order valence-corrected chi connectivity index (χ4v) is 3.88. The van der Waals surface area contributed by atoms with E-state index in [1.54, 1.807) is 6.07 Å². The second-order valence-corrected chi connectivity index (χ2v) is 7.36. The van der Waals surface area contributed by atoms with Gasteiger partial charge in [0.05, 0.1) is 24.9 Å². The number of hydrogen-bond donors (Lipinski definition) is 2. The van der Waals surface area contributed by atoms with Gasteiger partial charge in [0.25, 0.3) is 0 Å². The van der Waals surface area contributed by atoms with Crippen LogP contribution < -0.4 is 5.32 Å². The summed E-state index contributed by atoms with van der Waals surface area (Å²) < 4.78 is 44.2. The van der Waals surface area contributed by atoms with Crippen molar-refractivity contribution in [2.45, 2.75) is 38.1 Å². The minimum atomic E-state index is -4.43. The second-order valence-electron chi connectivity index (χ2n) is 7.36. The molecule has 1 heterocycles. The third kappa shape index (κ3) is 4.21. The normalized spacial score (nSPS) is 20.1. The Bertz CT molecular complexity index is 982. The van der Waals surface area contributed by atoms with Gasteiger partial charge in [-0.1, -0.05) is 18.2 Å². The highest BCUT2D eigenvalue weighted by molar-refractivity contribution is 6.05. The van der Waals surface area contributed by atoms with Gasteiger partial charge < -0.3 is 15.2 Å². The molecule has 1 amide bonds. The Kier molecular flexibility index (Phi) is 5.19. The number of amides is 1. The fourth-order valence-electron chi connectivity index (χ4n) is 3.88. The van der Waals surface area contributed by atoms with E-state index >= 15 is 0 Å². The van der Waals surface area contributed by atoms with Gasteiger partial charge >= 0.3 is 6.18 Å². The van der Waals surface area contributed by atoms with E-state index in [2.05, 4.69) is 5.32 Å². The average molecular weight is 403 g/mol. The Balaban J connectivity index is 1.58. The van der Waals surface area contributed by atoms with Crippen LogP contribution in [0.25, 0.3) is 5.57 Å². The van der Waals surface area contributed by atoms with Crippen molar-refractivity contribution in [1.82, 2.24) is 0 Å². The number of ether oxygens (including phenoxy) is 1. The molecule has 4 rings (SSSR count). The van der Waals surface area contributed by atoms with Crippen LogP contribution in [0.2, 0.25) is 0 Å².